The predicted octanol–water partition coefficient (Wildman–Crippen LogP) is 4.28. The van der Waals surface area contributed by atoms with Crippen LogP contribution in [0.15, 0.2) is 64.5 Å². The number of carbonyl (C=O) groups is 2. The van der Waals surface area contributed by atoms with Gasteiger partial charge in [0.05, 0.1) is 5.70 Å². The van der Waals surface area contributed by atoms with Gasteiger partial charge in [0, 0.05) is 44.2 Å². The first kappa shape index (κ1) is 22.7. The highest BCUT2D eigenvalue weighted by Gasteiger charge is 2.33. The largest absolute Gasteiger partial charge is 0.339 e. The van der Waals surface area contributed by atoms with Gasteiger partial charge in [0.15, 0.2) is 0 Å². The molecule has 7 heteroatoms. The first-order chi connectivity index (χ1) is 15.9. The summed E-state index contributed by atoms with van der Waals surface area (Å²) in [6.07, 6.45) is 0. The summed E-state index contributed by atoms with van der Waals surface area (Å²) >= 11 is 1.40. The summed E-state index contributed by atoms with van der Waals surface area (Å²) in [7, 11) is 0. The molecule has 33 heavy (non-hydrogen) atoms. The van der Waals surface area contributed by atoms with Crippen molar-refractivity contribution in [2.75, 3.05) is 31.1 Å². The Morgan fingerprint density at radius 1 is 0.879 bits per heavy atom. The topological polar surface area (TPSA) is 67.6 Å². The van der Waals surface area contributed by atoms with Gasteiger partial charge < -0.3 is 14.7 Å². The van der Waals surface area contributed by atoms with Gasteiger partial charge in [0.25, 0.3) is 5.91 Å². The van der Waals surface area contributed by atoms with Crippen molar-refractivity contribution in [2.24, 2.45) is 0 Å². The molecule has 0 aliphatic carbocycles. The molecular weight excluding hydrogens is 432 g/mol. The second kappa shape index (κ2) is 9.55. The lowest BCUT2D eigenvalue weighted by Crippen LogP contribution is -2.50. The summed E-state index contributed by atoms with van der Waals surface area (Å²) in [5, 5.41) is 12.7. The number of aryl methyl sites for hydroxylation is 2. The smallest absolute Gasteiger partial charge is 0.267 e. The third kappa shape index (κ3) is 4.67. The van der Waals surface area contributed by atoms with Gasteiger partial charge in [-0.3, -0.25) is 9.59 Å². The van der Waals surface area contributed by atoms with Gasteiger partial charge in [-0.15, -0.1) is 0 Å². The first-order valence-corrected chi connectivity index (χ1v) is 11.8. The number of thioether (sulfide) groups is 1. The molecule has 0 saturated carbocycles. The van der Waals surface area contributed by atoms with Crippen LogP contribution in [0.1, 0.15) is 23.6 Å². The zero-order valence-corrected chi connectivity index (χ0v) is 19.9. The van der Waals surface area contributed by atoms with Crippen LogP contribution in [0.2, 0.25) is 0 Å². The Bertz CT molecular complexity index is 1170. The number of carbonyl (C=O) groups excluding carboxylic acids is 2. The molecule has 2 aromatic carbocycles. The molecule has 6 nitrogen and oxygen atoms in total. The Morgan fingerprint density at radius 3 is 1.97 bits per heavy atom. The zero-order valence-electron chi connectivity index (χ0n) is 19.0. The second-order valence-electron chi connectivity index (χ2n) is 8.25. The van der Waals surface area contributed by atoms with E-state index in [9.17, 15) is 14.9 Å². The van der Waals surface area contributed by atoms with Gasteiger partial charge in [-0.25, -0.2) is 0 Å². The number of nitriles is 1. The van der Waals surface area contributed by atoms with Crippen LogP contribution in [0.4, 0.5) is 5.69 Å². The third-order valence-corrected chi connectivity index (χ3v) is 6.87. The summed E-state index contributed by atoms with van der Waals surface area (Å²) in [4.78, 5) is 30.4. The summed E-state index contributed by atoms with van der Waals surface area (Å²) in [5.74, 6) is -0.288. The van der Waals surface area contributed by atoms with Crippen LogP contribution >= 0.6 is 11.8 Å². The number of amides is 2. The van der Waals surface area contributed by atoms with E-state index in [0.717, 1.165) is 22.5 Å². The van der Waals surface area contributed by atoms with E-state index in [-0.39, 0.29) is 17.4 Å². The lowest BCUT2D eigenvalue weighted by Gasteiger charge is -2.34. The highest BCUT2D eigenvalue weighted by molar-refractivity contribution is 8.06. The van der Waals surface area contributed by atoms with Crippen molar-refractivity contribution in [1.82, 2.24) is 9.80 Å². The molecule has 1 fully saturated rings. The molecule has 2 heterocycles. The van der Waals surface area contributed by atoms with Gasteiger partial charge in [-0.1, -0.05) is 59.3 Å². The van der Waals surface area contributed by atoms with E-state index in [1.54, 1.807) is 9.80 Å². The average molecular weight is 459 g/mol. The molecule has 2 aromatic rings. The van der Waals surface area contributed by atoms with Crippen molar-refractivity contribution < 1.29 is 9.59 Å². The minimum atomic E-state index is -0.293. The Kier molecular flexibility index (Phi) is 6.57. The maximum atomic E-state index is 13.4. The number of nitrogens with zero attached hydrogens (tertiary/aromatic N) is 4. The number of hydrogen-bond donors (Lipinski definition) is 0. The van der Waals surface area contributed by atoms with Gasteiger partial charge in [-0.05, 0) is 31.5 Å². The Balaban J connectivity index is 1.71. The SMILES string of the molecule is CC(=O)N1CCN(C(=O)/C(C#N)=C2\SC=C(c3ccc(C)cc3)N2c2ccc(C)cc2)CC1. The fraction of sp³-hybridized carbons (Fsp3) is 0.269. The first-order valence-electron chi connectivity index (χ1n) is 10.9. The zero-order chi connectivity index (χ0) is 23.5. The average Bonchev–Trinajstić information content (AvgIpc) is 3.25. The van der Waals surface area contributed by atoms with Gasteiger partial charge in [0.1, 0.15) is 16.7 Å². The maximum absolute atomic E-state index is 13.4. The number of anilines is 1. The number of rotatable bonds is 3. The van der Waals surface area contributed by atoms with Crippen LogP contribution in [-0.4, -0.2) is 47.8 Å². The minimum absolute atomic E-state index is 0.00444. The van der Waals surface area contributed by atoms with E-state index in [4.69, 9.17) is 0 Å². The highest BCUT2D eigenvalue weighted by Crippen LogP contribution is 2.44. The van der Waals surface area contributed by atoms with E-state index in [0.29, 0.717) is 31.2 Å². The molecule has 0 spiro atoms. The predicted molar refractivity (Wildman–Crippen MR) is 132 cm³/mol. The number of benzene rings is 2. The van der Waals surface area contributed by atoms with E-state index >= 15 is 0 Å². The number of piperazine rings is 1. The Labute approximate surface area is 198 Å². The molecular formula is C26H26N4O2S. The normalized spacial score (nSPS) is 17.5. The lowest BCUT2D eigenvalue weighted by atomic mass is 10.1. The van der Waals surface area contributed by atoms with Gasteiger partial charge in [0.2, 0.25) is 5.91 Å². The summed E-state index contributed by atoms with van der Waals surface area (Å²) < 4.78 is 0. The standard InChI is InChI=1S/C26H26N4O2S/c1-18-4-8-21(9-5-18)24-17-33-26(30(24)22-10-6-19(2)7-11-22)23(16-27)25(32)29-14-12-28(13-15-29)20(3)31/h4-11,17H,12-15H2,1-3H3/b26-23-. The van der Waals surface area contributed by atoms with Gasteiger partial charge in [-0.2, -0.15) is 5.26 Å². The second-order valence-corrected chi connectivity index (χ2v) is 9.11. The monoisotopic (exact) mass is 458 g/mol. The molecule has 1 saturated heterocycles. The highest BCUT2D eigenvalue weighted by atomic mass is 32.2. The lowest BCUT2D eigenvalue weighted by molar-refractivity contribution is -0.136. The quantitative estimate of drug-likeness (QED) is 0.507. The molecule has 0 aromatic heterocycles. The van der Waals surface area contributed by atoms with E-state index in [1.807, 2.05) is 48.4 Å². The van der Waals surface area contributed by atoms with Crippen molar-refractivity contribution in [3.8, 4) is 6.07 Å². The fourth-order valence-corrected chi connectivity index (χ4v) is 4.96. The molecule has 0 radical (unpaired) electrons. The van der Waals surface area contributed by atoms with Crippen molar-refractivity contribution in [3.05, 3.63) is 81.2 Å². The van der Waals surface area contributed by atoms with Crippen molar-refractivity contribution in [1.29, 1.82) is 5.26 Å². The molecule has 2 aliphatic rings. The third-order valence-electron chi connectivity index (χ3n) is 5.92. The molecule has 0 N–H and O–H groups in total. The molecule has 0 bridgehead atoms. The summed E-state index contributed by atoms with van der Waals surface area (Å²) in [5.41, 5.74) is 5.27. The Hall–Kier alpha value is -3.50. The van der Waals surface area contributed by atoms with Gasteiger partial charge >= 0.3 is 0 Å². The minimum Gasteiger partial charge on any atom is -0.339 e. The number of hydrogen-bond acceptors (Lipinski definition) is 5. The van der Waals surface area contributed by atoms with Crippen molar-refractivity contribution in [3.63, 3.8) is 0 Å². The van der Waals surface area contributed by atoms with Crippen LogP contribution < -0.4 is 4.90 Å². The van der Waals surface area contributed by atoms with E-state index < -0.39 is 0 Å². The van der Waals surface area contributed by atoms with E-state index in [2.05, 4.69) is 30.3 Å². The molecule has 0 atom stereocenters. The van der Waals surface area contributed by atoms with Crippen LogP contribution in [-0.2, 0) is 9.59 Å². The molecule has 2 amide bonds. The van der Waals surface area contributed by atoms with Crippen LogP contribution in [0.3, 0.4) is 0 Å². The van der Waals surface area contributed by atoms with E-state index in [1.165, 1.54) is 24.2 Å². The van der Waals surface area contributed by atoms with Crippen LogP contribution in [0, 0.1) is 25.2 Å². The fourth-order valence-electron chi connectivity index (χ4n) is 3.94. The van der Waals surface area contributed by atoms with Crippen molar-refractivity contribution in [2.45, 2.75) is 20.8 Å². The van der Waals surface area contributed by atoms with Crippen LogP contribution in [0.5, 0.6) is 0 Å². The molecule has 2 aliphatic heterocycles. The van der Waals surface area contributed by atoms with Crippen molar-refractivity contribution >= 4 is 35.0 Å². The molecule has 168 valence electrons. The maximum Gasteiger partial charge on any atom is 0.267 e. The Morgan fingerprint density at radius 2 is 1.42 bits per heavy atom. The molecule has 0 unspecified atom stereocenters. The molecule has 4 rings (SSSR count). The summed E-state index contributed by atoms with van der Waals surface area (Å²) in [6, 6.07) is 18.5. The summed E-state index contributed by atoms with van der Waals surface area (Å²) in [6.45, 7) is 7.42. The van der Waals surface area contributed by atoms with Crippen LogP contribution in [0.25, 0.3) is 5.70 Å².